The number of sulfonamides is 1. The highest BCUT2D eigenvalue weighted by atomic mass is 32.2. The molecule has 0 aromatic heterocycles. The molecule has 1 amide bonds. The first-order chi connectivity index (χ1) is 13.8. The van der Waals surface area contributed by atoms with Crippen LogP contribution in [0.15, 0.2) is 83.8 Å². The molecule has 0 unspecified atom stereocenters. The number of carbonyl (C=O) groups is 1. The lowest BCUT2D eigenvalue weighted by Gasteiger charge is -2.15. The van der Waals surface area contributed by atoms with Crippen LogP contribution in [0.2, 0.25) is 0 Å². The van der Waals surface area contributed by atoms with Gasteiger partial charge in [-0.15, -0.1) is 0 Å². The van der Waals surface area contributed by atoms with E-state index in [1.54, 1.807) is 25.1 Å². The first-order valence-corrected chi connectivity index (χ1v) is 10.5. The minimum atomic E-state index is -3.77. The predicted molar refractivity (Wildman–Crippen MR) is 109 cm³/mol. The molecule has 0 bridgehead atoms. The largest absolute Gasteiger partial charge is 0.346 e. The molecule has 0 spiro atoms. The number of hydrogen-bond acceptors (Lipinski definition) is 3. The molecule has 150 valence electrons. The second kappa shape index (κ2) is 8.98. The topological polar surface area (TPSA) is 75.3 Å². The molecule has 0 saturated heterocycles. The minimum Gasteiger partial charge on any atom is -0.346 e. The van der Waals surface area contributed by atoms with Crippen LogP contribution in [0.3, 0.4) is 0 Å². The first-order valence-electron chi connectivity index (χ1n) is 9.05. The number of halogens is 1. The molecule has 2 N–H and O–H groups in total. The smallest absolute Gasteiger partial charge is 0.251 e. The van der Waals surface area contributed by atoms with Gasteiger partial charge in [-0.05, 0) is 48.4 Å². The van der Waals surface area contributed by atoms with Crippen LogP contribution in [-0.4, -0.2) is 14.3 Å². The summed E-state index contributed by atoms with van der Waals surface area (Å²) in [6.45, 7) is 1.92. The number of hydrogen-bond donors (Lipinski definition) is 2. The predicted octanol–water partition coefficient (Wildman–Crippen LogP) is 3.80. The number of benzene rings is 3. The van der Waals surface area contributed by atoms with Crippen molar-refractivity contribution in [3.63, 3.8) is 0 Å². The molecule has 0 aliphatic heterocycles. The summed E-state index contributed by atoms with van der Waals surface area (Å²) in [6, 6.07) is 20.5. The van der Waals surface area contributed by atoms with E-state index in [2.05, 4.69) is 10.0 Å². The third-order valence-corrected chi connectivity index (χ3v) is 5.83. The third kappa shape index (κ3) is 5.49. The van der Waals surface area contributed by atoms with Crippen LogP contribution in [0.5, 0.6) is 0 Å². The third-order valence-electron chi connectivity index (χ3n) is 4.43. The summed E-state index contributed by atoms with van der Waals surface area (Å²) in [7, 11) is -3.77. The summed E-state index contributed by atoms with van der Waals surface area (Å²) in [4.78, 5) is 12.6. The molecule has 7 heteroatoms. The zero-order valence-electron chi connectivity index (χ0n) is 15.8. The molecule has 29 heavy (non-hydrogen) atoms. The van der Waals surface area contributed by atoms with Crippen LogP contribution >= 0.6 is 0 Å². The molecule has 0 aliphatic carbocycles. The van der Waals surface area contributed by atoms with E-state index in [1.165, 1.54) is 30.3 Å². The summed E-state index contributed by atoms with van der Waals surface area (Å²) in [6.07, 6.45) is 0. The lowest BCUT2D eigenvalue weighted by atomic mass is 10.1. The molecule has 3 aromatic carbocycles. The number of nitrogens with one attached hydrogen (secondary N) is 2. The van der Waals surface area contributed by atoms with Crippen molar-refractivity contribution in [2.45, 2.75) is 24.4 Å². The fourth-order valence-corrected chi connectivity index (χ4v) is 3.84. The Hall–Kier alpha value is -3.03. The summed E-state index contributed by atoms with van der Waals surface area (Å²) < 4.78 is 40.7. The number of rotatable bonds is 7. The minimum absolute atomic E-state index is 0.00974. The van der Waals surface area contributed by atoms with Crippen molar-refractivity contribution < 1.29 is 17.6 Å². The van der Waals surface area contributed by atoms with E-state index in [4.69, 9.17) is 0 Å². The van der Waals surface area contributed by atoms with Crippen LogP contribution in [0.4, 0.5) is 4.39 Å². The average molecular weight is 412 g/mol. The van der Waals surface area contributed by atoms with Crippen LogP contribution in [0.1, 0.15) is 34.5 Å². The Labute approximate surface area is 169 Å². The van der Waals surface area contributed by atoms with Gasteiger partial charge in [-0.3, -0.25) is 4.79 Å². The molecule has 0 saturated carbocycles. The second-order valence-corrected chi connectivity index (χ2v) is 8.35. The Morgan fingerprint density at radius 2 is 1.66 bits per heavy atom. The highest BCUT2D eigenvalue weighted by molar-refractivity contribution is 7.89. The molecule has 1 atom stereocenters. The Morgan fingerprint density at radius 1 is 0.966 bits per heavy atom. The molecule has 0 heterocycles. The fraction of sp³-hybridized carbons (Fsp3) is 0.136. The number of carbonyl (C=O) groups excluding carboxylic acids is 1. The molecule has 0 radical (unpaired) electrons. The highest BCUT2D eigenvalue weighted by Crippen LogP contribution is 2.16. The first kappa shape index (κ1) is 20.7. The van der Waals surface area contributed by atoms with E-state index in [0.29, 0.717) is 0 Å². The van der Waals surface area contributed by atoms with Gasteiger partial charge in [-0.2, -0.15) is 0 Å². The van der Waals surface area contributed by atoms with E-state index in [9.17, 15) is 17.6 Å². The fourth-order valence-electron chi connectivity index (χ4n) is 2.78. The van der Waals surface area contributed by atoms with Crippen molar-refractivity contribution in [2.75, 3.05) is 0 Å². The molecular formula is C22H21FN2O3S. The van der Waals surface area contributed by atoms with Crippen LogP contribution in [0, 0.1) is 5.82 Å². The van der Waals surface area contributed by atoms with Crippen molar-refractivity contribution >= 4 is 15.9 Å². The van der Waals surface area contributed by atoms with Gasteiger partial charge in [0.25, 0.3) is 5.91 Å². The lowest BCUT2D eigenvalue weighted by Crippen LogP contribution is -2.27. The van der Waals surface area contributed by atoms with Crippen molar-refractivity contribution in [1.29, 1.82) is 0 Å². The Morgan fingerprint density at radius 3 is 2.34 bits per heavy atom. The van der Waals surface area contributed by atoms with E-state index in [0.717, 1.165) is 11.1 Å². The monoisotopic (exact) mass is 412 g/mol. The average Bonchev–Trinajstić information content (AvgIpc) is 2.73. The van der Waals surface area contributed by atoms with E-state index >= 15 is 0 Å². The van der Waals surface area contributed by atoms with Crippen molar-refractivity contribution in [1.82, 2.24) is 10.0 Å². The van der Waals surface area contributed by atoms with Crippen LogP contribution in [-0.2, 0) is 16.6 Å². The van der Waals surface area contributed by atoms with Gasteiger partial charge in [0.15, 0.2) is 0 Å². The van der Waals surface area contributed by atoms with E-state index in [1.807, 2.05) is 30.3 Å². The SMILES string of the molecule is C[C@@H](NC(=O)c1cccc(S(=O)(=O)NCc2ccccc2)c1)c1ccc(F)cc1. The van der Waals surface area contributed by atoms with E-state index in [-0.39, 0.29) is 28.9 Å². The van der Waals surface area contributed by atoms with Gasteiger partial charge in [-0.1, -0.05) is 48.5 Å². The lowest BCUT2D eigenvalue weighted by molar-refractivity contribution is 0.0939. The molecule has 5 nitrogen and oxygen atoms in total. The van der Waals surface area contributed by atoms with Crippen molar-refractivity contribution in [3.8, 4) is 0 Å². The van der Waals surface area contributed by atoms with Crippen molar-refractivity contribution in [3.05, 3.63) is 101 Å². The van der Waals surface area contributed by atoms with Gasteiger partial charge in [0, 0.05) is 12.1 Å². The molecule has 3 rings (SSSR count). The summed E-state index contributed by atoms with van der Waals surface area (Å²) in [5, 5.41) is 2.79. The number of amides is 1. The summed E-state index contributed by atoms with van der Waals surface area (Å²) in [5.74, 6) is -0.768. The molecule has 0 aliphatic rings. The van der Waals surface area contributed by atoms with Crippen LogP contribution in [0.25, 0.3) is 0 Å². The van der Waals surface area contributed by atoms with Gasteiger partial charge >= 0.3 is 0 Å². The molecule has 0 fully saturated rings. The maximum atomic E-state index is 13.1. The highest BCUT2D eigenvalue weighted by Gasteiger charge is 2.17. The Bertz CT molecular complexity index is 1080. The van der Waals surface area contributed by atoms with Gasteiger partial charge in [0.2, 0.25) is 10.0 Å². The summed E-state index contributed by atoms with van der Waals surface area (Å²) in [5.41, 5.74) is 1.80. The maximum absolute atomic E-state index is 13.1. The van der Waals surface area contributed by atoms with Crippen LogP contribution < -0.4 is 10.0 Å². The molecule has 3 aromatic rings. The second-order valence-electron chi connectivity index (χ2n) is 6.58. The quantitative estimate of drug-likeness (QED) is 0.620. The van der Waals surface area contributed by atoms with Gasteiger partial charge < -0.3 is 5.32 Å². The van der Waals surface area contributed by atoms with E-state index < -0.39 is 15.9 Å². The van der Waals surface area contributed by atoms with Gasteiger partial charge in [0.1, 0.15) is 5.82 Å². The summed E-state index contributed by atoms with van der Waals surface area (Å²) >= 11 is 0. The standard InChI is InChI=1S/C22H21FN2O3S/c1-16(18-10-12-20(23)13-11-18)25-22(26)19-8-5-9-21(14-19)29(27,28)24-15-17-6-3-2-4-7-17/h2-14,16,24H,15H2,1H3,(H,25,26)/t16-/m1/s1. The maximum Gasteiger partial charge on any atom is 0.251 e. The van der Waals surface area contributed by atoms with Gasteiger partial charge in [0.05, 0.1) is 10.9 Å². The normalized spacial score (nSPS) is 12.3. The Balaban J connectivity index is 1.70. The zero-order valence-corrected chi connectivity index (χ0v) is 16.6. The van der Waals surface area contributed by atoms with Crippen molar-refractivity contribution in [2.24, 2.45) is 0 Å². The molecular weight excluding hydrogens is 391 g/mol. The zero-order chi connectivity index (χ0) is 20.9. The van der Waals surface area contributed by atoms with Gasteiger partial charge in [-0.25, -0.2) is 17.5 Å². The Kier molecular flexibility index (Phi) is 6.41.